The molecule has 0 fully saturated rings. The van der Waals surface area contributed by atoms with Crippen LogP contribution in [0.1, 0.15) is 18.1 Å². The zero-order valence-electron chi connectivity index (χ0n) is 10.4. The van der Waals surface area contributed by atoms with Gasteiger partial charge in [0, 0.05) is 20.1 Å². The molecule has 0 unspecified atom stereocenters. The average Bonchev–Trinajstić information content (AvgIpc) is 2.72. The number of nitrogens with one attached hydrogen (secondary N) is 1. The summed E-state index contributed by atoms with van der Waals surface area (Å²) in [6.07, 6.45) is 1.08. The second-order valence-electron chi connectivity index (χ2n) is 4.10. The van der Waals surface area contributed by atoms with Crippen LogP contribution in [0.2, 0.25) is 0 Å². The fourth-order valence-corrected chi connectivity index (χ4v) is 1.97. The molecule has 1 aliphatic rings. The van der Waals surface area contributed by atoms with Crippen LogP contribution in [-0.2, 0) is 13.0 Å². The van der Waals surface area contributed by atoms with Crippen LogP contribution < -0.4 is 5.32 Å². The summed E-state index contributed by atoms with van der Waals surface area (Å²) in [6, 6.07) is 8.57. The van der Waals surface area contributed by atoms with Crippen LogP contribution >= 0.6 is 24.0 Å². The van der Waals surface area contributed by atoms with E-state index in [1.54, 1.807) is 0 Å². The number of benzene rings is 1. The van der Waals surface area contributed by atoms with Crippen molar-refractivity contribution in [2.75, 3.05) is 20.1 Å². The number of nitrogens with zero attached hydrogens (tertiary/aromatic N) is 2. The normalized spacial score (nSPS) is 14.2. The Balaban J connectivity index is 0.00000144. The maximum absolute atomic E-state index is 4.42. The Hall–Kier alpha value is -0.780. The highest BCUT2D eigenvalue weighted by molar-refractivity contribution is 14.0. The quantitative estimate of drug-likeness (QED) is 0.851. The van der Waals surface area contributed by atoms with Gasteiger partial charge < -0.3 is 10.2 Å². The lowest BCUT2D eigenvalue weighted by molar-refractivity contribution is 0.533. The maximum Gasteiger partial charge on any atom is 0.194 e. The highest BCUT2D eigenvalue weighted by Crippen LogP contribution is 2.09. The summed E-state index contributed by atoms with van der Waals surface area (Å²) < 4.78 is 0. The van der Waals surface area contributed by atoms with Crippen molar-refractivity contribution in [2.45, 2.75) is 19.9 Å². The van der Waals surface area contributed by atoms with Crippen LogP contribution in [0.3, 0.4) is 0 Å². The minimum atomic E-state index is 0. The average molecular weight is 345 g/mol. The highest BCUT2D eigenvalue weighted by Gasteiger charge is 2.11. The van der Waals surface area contributed by atoms with Gasteiger partial charge in [-0.25, -0.2) is 0 Å². The monoisotopic (exact) mass is 345 g/mol. The number of guanidine groups is 1. The number of hydrogen-bond acceptors (Lipinski definition) is 3. The minimum absolute atomic E-state index is 0. The van der Waals surface area contributed by atoms with Gasteiger partial charge in [-0.1, -0.05) is 31.2 Å². The molecule has 0 aromatic heterocycles. The Morgan fingerprint density at radius 3 is 2.59 bits per heavy atom. The van der Waals surface area contributed by atoms with Gasteiger partial charge in [0.25, 0.3) is 0 Å². The maximum atomic E-state index is 4.42. The smallest absolute Gasteiger partial charge is 0.194 e. The summed E-state index contributed by atoms with van der Waals surface area (Å²) in [5.74, 6) is 1.02. The third-order valence-electron chi connectivity index (χ3n) is 2.99. The number of aliphatic imine (C=N–C) groups is 1. The molecular weight excluding hydrogens is 325 g/mol. The van der Waals surface area contributed by atoms with Crippen LogP contribution in [0.5, 0.6) is 0 Å². The summed E-state index contributed by atoms with van der Waals surface area (Å²) >= 11 is 0. The molecule has 1 aliphatic heterocycles. The Kier molecular flexibility index (Phi) is 5.74. The first-order valence-electron chi connectivity index (χ1n) is 5.87. The van der Waals surface area contributed by atoms with E-state index >= 15 is 0 Å². The molecule has 1 aromatic carbocycles. The molecule has 0 spiro atoms. The Morgan fingerprint density at radius 2 is 2.00 bits per heavy atom. The predicted octanol–water partition coefficient (Wildman–Crippen LogP) is 2.26. The summed E-state index contributed by atoms with van der Waals surface area (Å²) in [5, 5.41) is 3.40. The lowest BCUT2D eigenvalue weighted by atomic mass is 10.1. The van der Waals surface area contributed by atoms with Crippen LogP contribution in [-0.4, -0.2) is 31.0 Å². The van der Waals surface area contributed by atoms with E-state index in [0.29, 0.717) is 0 Å². The van der Waals surface area contributed by atoms with Gasteiger partial charge in [-0.2, -0.15) is 0 Å². The molecule has 1 heterocycles. The Morgan fingerprint density at radius 1 is 1.29 bits per heavy atom. The van der Waals surface area contributed by atoms with Crippen LogP contribution in [0.25, 0.3) is 0 Å². The molecule has 4 heteroatoms. The van der Waals surface area contributed by atoms with Gasteiger partial charge in [0.1, 0.15) is 0 Å². The largest absolute Gasteiger partial charge is 0.352 e. The molecular formula is C13H20IN3. The third-order valence-corrected chi connectivity index (χ3v) is 2.99. The zero-order valence-corrected chi connectivity index (χ0v) is 12.8. The van der Waals surface area contributed by atoms with Crippen molar-refractivity contribution >= 4 is 29.9 Å². The highest BCUT2D eigenvalue weighted by atomic mass is 127. The topological polar surface area (TPSA) is 27.6 Å². The lowest BCUT2D eigenvalue weighted by Crippen LogP contribution is -2.35. The third kappa shape index (κ3) is 3.59. The Bertz CT molecular complexity index is 390. The van der Waals surface area contributed by atoms with Crippen molar-refractivity contribution in [3.8, 4) is 0 Å². The van der Waals surface area contributed by atoms with E-state index in [0.717, 1.165) is 32.0 Å². The predicted molar refractivity (Wildman–Crippen MR) is 83.0 cm³/mol. The summed E-state index contributed by atoms with van der Waals surface area (Å²) in [6.45, 7) is 5.00. The second kappa shape index (κ2) is 6.83. The molecule has 94 valence electrons. The molecule has 0 bridgehead atoms. The number of halogens is 1. The first-order chi connectivity index (χ1) is 7.81. The Labute approximate surface area is 120 Å². The molecule has 0 saturated heterocycles. The number of likely N-dealkylation sites (N-methyl/N-ethyl adjacent to an activating group) is 1. The molecule has 2 rings (SSSR count). The summed E-state index contributed by atoms with van der Waals surface area (Å²) in [7, 11) is 2.07. The summed E-state index contributed by atoms with van der Waals surface area (Å²) in [5.41, 5.74) is 2.78. The first-order valence-corrected chi connectivity index (χ1v) is 5.87. The van der Waals surface area contributed by atoms with Crippen molar-refractivity contribution in [3.05, 3.63) is 35.4 Å². The zero-order chi connectivity index (χ0) is 11.4. The number of aryl methyl sites for hydroxylation is 1. The van der Waals surface area contributed by atoms with Gasteiger partial charge in [0.05, 0.1) is 6.54 Å². The molecule has 0 radical (unpaired) electrons. The molecule has 0 saturated carbocycles. The van der Waals surface area contributed by atoms with Gasteiger partial charge in [0.15, 0.2) is 5.96 Å². The van der Waals surface area contributed by atoms with Gasteiger partial charge in [-0.15, -0.1) is 24.0 Å². The number of rotatable bonds is 3. The van der Waals surface area contributed by atoms with Gasteiger partial charge in [0.2, 0.25) is 0 Å². The van der Waals surface area contributed by atoms with Crippen molar-refractivity contribution in [1.82, 2.24) is 10.2 Å². The second-order valence-corrected chi connectivity index (χ2v) is 4.10. The SMILES string of the molecule is CCc1ccccc1CNC1=NCCN1C.I. The van der Waals surface area contributed by atoms with Gasteiger partial charge >= 0.3 is 0 Å². The molecule has 1 N–H and O–H groups in total. The van der Waals surface area contributed by atoms with Crippen molar-refractivity contribution < 1.29 is 0 Å². The van der Waals surface area contributed by atoms with E-state index < -0.39 is 0 Å². The lowest BCUT2D eigenvalue weighted by Gasteiger charge is -2.16. The fraction of sp³-hybridized carbons (Fsp3) is 0.462. The molecule has 0 aliphatic carbocycles. The molecule has 0 atom stereocenters. The van der Waals surface area contributed by atoms with Crippen molar-refractivity contribution in [2.24, 2.45) is 4.99 Å². The van der Waals surface area contributed by atoms with Crippen LogP contribution in [0.15, 0.2) is 29.3 Å². The standard InChI is InChI=1S/C13H19N3.HI/c1-3-11-6-4-5-7-12(11)10-15-13-14-8-9-16(13)2;/h4-7H,3,8-10H2,1-2H3,(H,14,15);1H. The van der Waals surface area contributed by atoms with E-state index in [9.17, 15) is 0 Å². The molecule has 17 heavy (non-hydrogen) atoms. The van der Waals surface area contributed by atoms with Crippen molar-refractivity contribution in [3.63, 3.8) is 0 Å². The van der Waals surface area contributed by atoms with E-state index in [2.05, 4.69) is 53.4 Å². The molecule has 1 aromatic rings. The molecule has 0 amide bonds. The van der Waals surface area contributed by atoms with Crippen LogP contribution in [0.4, 0.5) is 0 Å². The van der Waals surface area contributed by atoms with Crippen molar-refractivity contribution in [1.29, 1.82) is 0 Å². The van der Waals surface area contributed by atoms with Gasteiger partial charge in [-0.3, -0.25) is 4.99 Å². The van der Waals surface area contributed by atoms with Crippen LogP contribution in [0, 0.1) is 0 Å². The molecule has 3 nitrogen and oxygen atoms in total. The first kappa shape index (κ1) is 14.3. The minimum Gasteiger partial charge on any atom is -0.352 e. The van der Waals surface area contributed by atoms with Gasteiger partial charge in [-0.05, 0) is 17.5 Å². The van der Waals surface area contributed by atoms with E-state index in [4.69, 9.17) is 0 Å². The summed E-state index contributed by atoms with van der Waals surface area (Å²) in [4.78, 5) is 6.58. The number of hydrogen-bond donors (Lipinski definition) is 1. The van der Waals surface area contributed by atoms with E-state index in [1.165, 1.54) is 11.1 Å². The van der Waals surface area contributed by atoms with E-state index in [1.807, 2.05) is 0 Å². The fourth-order valence-electron chi connectivity index (χ4n) is 1.97. The van der Waals surface area contributed by atoms with E-state index in [-0.39, 0.29) is 24.0 Å².